The number of hydrogen-bond acceptors (Lipinski definition) is 3. The number of carbonyl (C=O) groups is 1. The first-order valence-electron chi connectivity index (χ1n) is 8.27. The minimum atomic E-state index is -0.240. The molecule has 3 rings (SSSR count). The van der Waals surface area contributed by atoms with Crippen molar-refractivity contribution < 1.29 is 4.79 Å². The predicted octanol–water partition coefficient (Wildman–Crippen LogP) is 4.54. The Morgan fingerprint density at radius 3 is 2.38 bits per heavy atom. The molecule has 1 N–H and O–H groups in total. The highest BCUT2D eigenvalue weighted by molar-refractivity contribution is 6.05. The van der Waals surface area contributed by atoms with Gasteiger partial charge in [0.15, 0.2) is 0 Å². The Morgan fingerprint density at radius 2 is 1.69 bits per heavy atom. The van der Waals surface area contributed by atoms with Crippen LogP contribution >= 0.6 is 0 Å². The standard InChI is InChI=1S/C22H19N3O/c1-25(2)20-10-6-9-18(13-20)22(26)24-21-14-17(11-12-19(21)15-23)16-7-4-3-5-8-16/h3-14H,1-2H3,(H,24,26). The topological polar surface area (TPSA) is 56.1 Å². The number of benzene rings is 3. The summed E-state index contributed by atoms with van der Waals surface area (Å²) >= 11 is 0. The van der Waals surface area contributed by atoms with E-state index in [1.54, 1.807) is 12.1 Å². The number of nitrogens with zero attached hydrogens (tertiary/aromatic N) is 2. The molecule has 0 aromatic heterocycles. The number of carbonyl (C=O) groups excluding carboxylic acids is 1. The predicted molar refractivity (Wildman–Crippen MR) is 105 cm³/mol. The lowest BCUT2D eigenvalue weighted by molar-refractivity contribution is 0.102. The summed E-state index contributed by atoms with van der Waals surface area (Å²) in [5.41, 5.74) is 4.40. The fourth-order valence-corrected chi connectivity index (χ4v) is 2.68. The van der Waals surface area contributed by atoms with Crippen LogP contribution in [0.4, 0.5) is 11.4 Å². The SMILES string of the molecule is CN(C)c1cccc(C(=O)Nc2cc(-c3ccccc3)ccc2C#N)c1. The molecule has 0 atom stereocenters. The van der Waals surface area contributed by atoms with Gasteiger partial charge in [-0.1, -0.05) is 42.5 Å². The van der Waals surface area contributed by atoms with E-state index in [4.69, 9.17) is 0 Å². The highest BCUT2D eigenvalue weighted by atomic mass is 16.1. The fourth-order valence-electron chi connectivity index (χ4n) is 2.68. The third-order valence-electron chi connectivity index (χ3n) is 4.12. The van der Waals surface area contributed by atoms with Crippen molar-refractivity contribution in [1.82, 2.24) is 0 Å². The zero-order valence-corrected chi connectivity index (χ0v) is 14.7. The van der Waals surface area contributed by atoms with Crippen LogP contribution in [0.25, 0.3) is 11.1 Å². The molecule has 4 heteroatoms. The summed E-state index contributed by atoms with van der Waals surface area (Å²) in [5, 5.41) is 12.2. The van der Waals surface area contributed by atoms with Crippen molar-refractivity contribution in [2.24, 2.45) is 0 Å². The Labute approximate surface area is 153 Å². The van der Waals surface area contributed by atoms with E-state index in [1.807, 2.05) is 79.7 Å². The molecule has 3 aromatic carbocycles. The van der Waals surface area contributed by atoms with Gasteiger partial charge < -0.3 is 10.2 Å². The highest BCUT2D eigenvalue weighted by Gasteiger charge is 2.11. The lowest BCUT2D eigenvalue weighted by Gasteiger charge is -2.14. The van der Waals surface area contributed by atoms with Crippen LogP contribution in [-0.4, -0.2) is 20.0 Å². The molecular formula is C22H19N3O. The van der Waals surface area contributed by atoms with E-state index in [0.29, 0.717) is 16.8 Å². The molecule has 0 fully saturated rings. The first-order chi connectivity index (χ1) is 12.6. The third kappa shape index (κ3) is 3.73. The van der Waals surface area contributed by atoms with Crippen molar-refractivity contribution in [3.63, 3.8) is 0 Å². The first kappa shape index (κ1) is 17.2. The zero-order chi connectivity index (χ0) is 18.5. The van der Waals surface area contributed by atoms with Crippen LogP contribution in [-0.2, 0) is 0 Å². The van der Waals surface area contributed by atoms with E-state index in [-0.39, 0.29) is 5.91 Å². The van der Waals surface area contributed by atoms with E-state index in [1.165, 1.54) is 0 Å². The van der Waals surface area contributed by atoms with Crippen LogP contribution < -0.4 is 10.2 Å². The van der Waals surface area contributed by atoms with Gasteiger partial charge in [0, 0.05) is 25.3 Å². The van der Waals surface area contributed by atoms with E-state index in [9.17, 15) is 10.1 Å². The molecule has 0 bridgehead atoms. The van der Waals surface area contributed by atoms with Gasteiger partial charge in [0.05, 0.1) is 11.3 Å². The summed E-state index contributed by atoms with van der Waals surface area (Å²) in [7, 11) is 3.85. The Bertz CT molecular complexity index is 972. The molecule has 0 aliphatic heterocycles. The van der Waals surface area contributed by atoms with E-state index >= 15 is 0 Å². The van der Waals surface area contributed by atoms with Crippen LogP contribution in [0, 0.1) is 11.3 Å². The molecule has 4 nitrogen and oxygen atoms in total. The molecule has 128 valence electrons. The van der Waals surface area contributed by atoms with Gasteiger partial charge in [0.2, 0.25) is 0 Å². The van der Waals surface area contributed by atoms with Gasteiger partial charge in [-0.25, -0.2) is 0 Å². The molecule has 26 heavy (non-hydrogen) atoms. The molecule has 0 unspecified atom stereocenters. The Morgan fingerprint density at radius 1 is 0.923 bits per heavy atom. The number of nitrogens with one attached hydrogen (secondary N) is 1. The zero-order valence-electron chi connectivity index (χ0n) is 14.7. The van der Waals surface area contributed by atoms with E-state index < -0.39 is 0 Å². The van der Waals surface area contributed by atoms with Crippen molar-refractivity contribution in [2.75, 3.05) is 24.3 Å². The molecule has 3 aromatic rings. The van der Waals surface area contributed by atoms with Crippen LogP contribution in [0.1, 0.15) is 15.9 Å². The molecule has 0 aliphatic rings. The second kappa shape index (κ2) is 7.54. The molecule has 0 aliphatic carbocycles. The highest BCUT2D eigenvalue weighted by Crippen LogP contribution is 2.26. The van der Waals surface area contributed by atoms with Crippen LogP contribution in [0.5, 0.6) is 0 Å². The summed E-state index contributed by atoms with van der Waals surface area (Å²) in [6.45, 7) is 0. The Hall–Kier alpha value is -3.58. The van der Waals surface area contributed by atoms with E-state index in [2.05, 4.69) is 11.4 Å². The third-order valence-corrected chi connectivity index (χ3v) is 4.12. The van der Waals surface area contributed by atoms with Gasteiger partial charge in [-0.05, 0) is 41.5 Å². The molecule has 0 radical (unpaired) electrons. The van der Waals surface area contributed by atoms with Gasteiger partial charge in [0.25, 0.3) is 5.91 Å². The number of hydrogen-bond donors (Lipinski definition) is 1. The van der Waals surface area contributed by atoms with Gasteiger partial charge in [-0.15, -0.1) is 0 Å². The number of nitriles is 1. The Balaban J connectivity index is 1.92. The summed E-state index contributed by atoms with van der Waals surface area (Å²) in [5.74, 6) is -0.240. The van der Waals surface area contributed by atoms with Crippen molar-refractivity contribution in [3.05, 3.63) is 83.9 Å². The minimum absolute atomic E-state index is 0.240. The normalized spacial score (nSPS) is 10.0. The second-order valence-electron chi connectivity index (χ2n) is 6.14. The maximum Gasteiger partial charge on any atom is 0.255 e. The van der Waals surface area contributed by atoms with Gasteiger partial charge in [0.1, 0.15) is 6.07 Å². The second-order valence-corrected chi connectivity index (χ2v) is 6.14. The molecule has 0 saturated carbocycles. The first-order valence-corrected chi connectivity index (χ1v) is 8.27. The summed E-state index contributed by atoms with van der Waals surface area (Å²) in [6, 6.07) is 24.8. The largest absolute Gasteiger partial charge is 0.378 e. The number of anilines is 2. The van der Waals surface area contributed by atoms with Gasteiger partial charge in [-0.2, -0.15) is 5.26 Å². The maximum atomic E-state index is 12.7. The van der Waals surface area contributed by atoms with Crippen molar-refractivity contribution in [1.29, 1.82) is 5.26 Å². The molecule has 0 heterocycles. The summed E-state index contributed by atoms with van der Waals surface area (Å²) in [6.07, 6.45) is 0. The quantitative estimate of drug-likeness (QED) is 0.758. The molecule has 1 amide bonds. The smallest absolute Gasteiger partial charge is 0.255 e. The summed E-state index contributed by atoms with van der Waals surface area (Å²) in [4.78, 5) is 14.6. The van der Waals surface area contributed by atoms with E-state index in [0.717, 1.165) is 16.8 Å². The number of amides is 1. The van der Waals surface area contributed by atoms with Crippen molar-refractivity contribution in [2.45, 2.75) is 0 Å². The summed E-state index contributed by atoms with van der Waals surface area (Å²) < 4.78 is 0. The van der Waals surface area contributed by atoms with Crippen LogP contribution in [0.2, 0.25) is 0 Å². The monoisotopic (exact) mass is 341 g/mol. The lowest BCUT2D eigenvalue weighted by Crippen LogP contribution is -2.15. The van der Waals surface area contributed by atoms with Crippen molar-refractivity contribution in [3.8, 4) is 17.2 Å². The van der Waals surface area contributed by atoms with Crippen molar-refractivity contribution >= 4 is 17.3 Å². The number of rotatable bonds is 4. The lowest BCUT2D eigenvalue weighted by atomic mass is 10.0. The van der Waals surface area contributed by atoms with Gasteiger partial charge in [-0.3, -0.25) is 4.79 Å². The van der Waals surface area contributed by atoms with Gasteiger partial charge >= 0.3 is 0 Å². The Kier molecular flexibility index (Phi) is 5.00. The molecule has 0 spiro atoms. The maximum absolute atomic E-state index is 12.7. The van der Waals surface area contributed by atoms with Crippen LogP contribution in [0.3, 0.4) is 0 Å². The fraction of sp³-hybridized carbons (Fsp3) is 0.0909. The molecular weight excluding hydrogens is 322 g/mol. The average Bonchev–Trinajstić information content (AvgIpc) is 2.68. The van der Waals surface area contributed by atoms with Crippen LogP contribution in [0.15, 0.2) is 72.8 Å². The average molecular weight is 341 g/mol. The molecule has 0 saturated heterocycles. The minimum Gasteiger partial charge on any atom is -0.378 e.